The van der Waals surface area contributed by atoms with Crippen molar-refractivity contribution in [2.45, 2.75) is 26.6 Å². The molecular formula is C18H19F3N2O3. The fraction of sp³-hybridized carbons (Fsp3) is 0.333. The van der Waals surface area contributed by atoms with Crippen LogP contribution in [-0.4, -0.2) is 35.2 Å². The molecule has 0 aliphatic carbocycles. The number of amides is 1. The van der Waals surface area contributed by atoms with Crippen LogP contribution in [0.1, 0.15) is 27.4 Å². The van der Waals surface area contributed by atoms with Gasteiger partial charge in [-0.3, -0.25) is 4.79 Å². The Balaban J connectivity index is 2.05. The smallest absolute Gasteiger partial charge is 0.406 e. The number of ether oxygens (including phenoxy) is 1. The molecule has 0 radical (unpaired) electrons. The van der Waals surface area contributed by atoms with Gasteiger partial charge in [0.1, 0.15) is 24.7 Å². The van der Waals surface area contributed by atoms with Gasteiger partial charge in [-0.15, -0.1) is 6.58 Å². The van der Waals surface area contributed by atoms with Crippen LogP contribution in [-0.2, 0) is 6.61 Å². The maximum atomic E-state index is 12.6. The Bertz CT molecular complexity index is 747. The molecule has 0 atom stereocenters. The van der Waals surface area contributed by atoms with Gasteiger partial charge < -0.3 is 14.2 Å². The summed E-state index contributed by atoms with van der Waals surface area (Å²) in [6.07, 6.45) is -3.22. The van der Waals surface area contributed by atoms with Gasteiger partial charge in [0.2, 0.25) is 0 Å². The summed E-state index contributed by atoms with van der Waals surface area (Å²) in [5.41, 5.74) is 1.69. The van der Waals surface area contributed by atoms with Crippen molar-refractivity contribution in [1.82, 2.24) is 10.1 Å². The van der Waals surface area contributed by atoms with Gasteiger partial charge in [-0.2, -0.15) is 13.2 Å². The van der Waals surface area contributed by atoms with E-state index >= 15 is 0 Å². The molecule has 2 aromatic rings. The third-order valence-corrected chi connectivity index (χ3v) is 3.67. The second kappa shape index (κ2) is 8.07. The Kier molecular flexibility index (Phi) is 6.07. The van der Waals surface area contributed by atoms with Gasteiger partial charge in [0.05, 0.1) is 11.3 Å². The van der Waals surface area contributed by atoms with Crippen LogP contribution in [0.4, 0.5) is 13.2 Å². The monoisotopic (exact) mass is 368 g/mol. The molecule has 0 N–H and O–H groups in total. The van der Waals surface area contributed by atoms with E-state index in [-0.39, 0.29) is 18.7 Å². The van der Waals surface area contributed by atoms with Gasteiger partial charge in [0.15, 0.2) is 0 Å². The summed E-state index contributed by atoms with van der Waals surface area (Å²) >= 11 is 0. The lowest BCUT2D eigenvalue weighted by molar-refractivity contribution is -0.139. The number of carbonyl (C=O) groups excluding carboxylic acids is 1. The third kappa shape index (κ3) is 5.11. The van der Waals surface area contributed by atoms with Crippen LogP contribution in [0.15, 0.2) is 41.4 Å². The summed E-state index contributed by atoms with van der Waals surface area (Å²) in [7, 11) is 0. The quantitative estimate of drug-likeness (QED) is 0.692. The van der Waals surface area contributed by atoms with Gasteiger partial charge in [-0.25, -0.2) is 0 Å². The van der Waals surface area contributed by atoms with Gasteiger partial charge >= 0.3 is 6.18 Å². The minimum absolute atomic E-state index is 0.140. The molecule has 0 bridgehead atoms. The van der Waals surface area contributed by atoms with E-state index in [4.69, 9.17) is 9.26 Å². The normalized spacial score (nSPS) is 11.3. The lowest BCUT2D eigenvalue weighted by Gasteiger charge is -2.22. The highest BCUT2D eigenvalue weighted by Crippen LogP contribution is 2.21. The molecule has 0 unspecified atom stereocenters. The summed E-state index contributed by atoms with van der Waals surface area (Å²) in [6, 6.07) is 5.92. The fourth-order valence-electron chi connectivity index (χ4n) is 2.33. The van der Waals surface area contributed by atoms with E-state index in [1.54, 1.807) is 13.8 Å². The van der Waals surface area contributed by atoms with Crippen LogP contribution >= 0.6 is 0 Å². The number of hydrogen-bond acceptors (Lipinski definition) is 4. The molecule has 0 spiro atoms. The van der Waals surface area contributed by atoms with Crippen molar-refractivity contribution in [2.75, 3.05) is 13.1 Å². The molecule has 0 aliphatic rings. The molecule has 1 aromatic heterocycles. The summed E-state index contributed by atoms with van der Waals surface area (Å²) < 4.78 is 48.5. The largest absolute Gasteiger partial charge is 0.489 e. The summed E-state index contributed by atoms with van der Waals surface area (Å²) in [5, 5.41) is 3.83. The molecule has 5 nitrogen and oxygen atoms in total. The van der Waals surface area contributed by atoms with Crippen LogP contribution in [0.5, 0.6) is 5.75 Å². The van der Waals surface area contributed by atoms with Crippen molar-refractivity contribution in [1.29, 1.82) is 0 Å². The molecular weight excluding hydrogens is 349 g/mol. The second-order valence-electron chi connectivity index (χ2n) is 5.71. The van der Waals surface area contributed by atoms with Crippen LogP contribution in [0.25, 0.3) is 0 Å². The van der Waals surface area contributed by atoms with Crippen molar-refractivity contribution in [3.05, 3.63) is 59.5 Å². The van der Waals surface area contributed by atoms with Gasteiger partial charge in [-0.1, -0.05) is 11.2 Å². The van der Waals surface area contributed by atoms with E-state index in [0.717, 1.165) is 11.3 Å². The van der Waals surface area contributed by atoms with Crippen molar-refractivity contribution in [3.8, 4) is 5.75 Å². The molecule has 140 valence electrons. The first kappa shape index (κ1) is 19.6. The first-order valence-corrected chi connectivity index (χ1v) is 7.83. The Morgan fingerprint density at radius 1 is 1.31 bits per heavy atom. The Hall–Kier alpha value is -2.77. The first-order valence-electron chi connectivity index (χ1n) is 7.83. The Labute approximate surface area is 149 Å². The average Bonchev–Trinajstić information content (AvgIpc) is 2.89. The number of aryl methyl sites for hydroxylation is 2. The van der Waals surface area contributed by atoms with E-state index in [1.807, 2.05) is 0 Å². The molecule has 1 heterocycles. The predicted octanol–water partition coefficient (Wildman–Crippen LogP) is 4.06. The number of rotatable bonds is 7. The average molecular weight is 368 g/mol. The standard InChI is InChI=1S/C18H19F3N2O3/c1-4-9-23(11-18(19,20)21)17(24)14-5-7-15(8-6-14)25-10-16-12(2)22-26-13(16)3/h4-8H,1,9-11H2,2-3H3. The van der Waals surface area contributed by atoms with E-state index < -0.39 is 18.6 Å². The van der Waals surface area contributed by atoms with Crippen molar-refractivity contribution >= 4 is 5.91 Å². The fourth-order valence-corrected chi connectivity index (χ4v) is 2.33. The highest BCUT2D eigenvalue weighted by Gasteiger charge is 2.32. The maximum absolute atomic E-state index is 12.6. The van der Waals surface area contributed by atoms with E-state index in [0.29, 0.717) is 16.4 Å². The van der Waals surface area contributed by atoms with Crippen molar-refractivity contribution in [3.63, 3.8) is 0 Å². The van der Waals surface area contributed by atoms with Gasteiger partial charge in [-0.05, 0) is 38.1 Å². The number of hydrogen-bond donors (Lipinski definition) is 0. The maximum Gasteiger partial charge on any atom is 0.406 e. The van der Waals surface area contributed by atoms with E-state index in [1.165, 1.54) is 30.3 Å². The molecule has 0 saturated carbocycles. The summed E-state index contributed by atoms with van der Waals surface area (Å²) in [4.78, 5) is 13.0. The number of nitrogens with zero attached hydrogens (tertiary/aromatic N) is 2. The van der Waals surface area contributed by atoms with Crippen LogP contribution in [0.3, 0.4) is 0 Å². The zero-order chi connectivity index (χ0) is 19.3. The minimum atomic E-state index is -4.48. The molecule has 8 heteroatoms. The highest BCUT2D eigenvalue weighted by atomic mass is 19.4. The van der Waals surface area contributed by atoms with Crippen LogP contribution < -0.4 is 4.74 Å². The zero-order valence-corrected chi connectivity index (χ0v) is 14.5. The van der Waals surface area contributed by atoms with Crippen LogP contribution in [0, 0.1) is 13.8 Å². The molecule has 1 amide bonds. The van der Waals surface area contributed by atoms with E-state index in [2.05, 4.69) is 11.7 Å². The molecule has 0 aliphatic heterocycles. The first-order chi connectivity index (χ1) is 12.2. The van der Waals surface area contributed by atoms with Gasteiger partial charge in [0, 0.05) is 12.1 Å². The topological polar surface area (TPSA) is 55.6 Å². The lowest BCUT2D eigenvalue weighted by Crippen LogP contribution is -2.39. The summed E-state index contributed by atoms with van der Waals surface area (Å²) in [6.45, 7) is 5.68. The minimum Gasteiger partial charge on any atom is -0.489 e. The van der Waals surface area contributed by atoms with Crippen molar-refractivity contribution in [2.24, 2.45) is 0 Å². The SMILES string of the molecule is C=CCN(CC(F)(F)F)C(=O)c1ccc(OCc2c(C)noc2C)cc1. The number of alkyl halides is 3. The number of halogens is 3. The van der Waals surface area contributed by atoms with Crippen molar-refractivity contribution < 1.29 is 27.2 Å². The second-order valence-corrected chi connectivity index (χ2v) is 5.71. The molecule has 2 rings (SSSR count). The van der Waals surface area contributed by atoms with E-state index in [9.17, 15) is 18.0 Å². The Morgan fingerprint density at radius 3 is 2.46 bits per heavy atom. The lowest BCUT2D eigenvalue weighted by atomic mass is 10.2. The molecule has 1 aromatic carbocycles. The number of carbonyl (C=O) groups is 1. The molecule has 26 heavy (non-hydrogen) atoms. The van der Waals surface area contributed by atoms with Crippen LogP contribution in [0.2, 0.25) is 0 Å². The molecule has 0 saturated heterocycles. The van der Waals surface area contributed by atoms with Gasteiger partial charge in [0.25, 0.3) is 5.91 Å². The number of benzene rings is 1. The predicted molar refractivity (Wildman–Crippen MR) is 88.9 cm³/mol. The molecule has 0 fully saturated rings. The summed E-state index contributed by atoms with van der Waals surface area (Å²) in [5.74, 6) is 0.411. The zero-order valence-electron chi connectivity index (χ0n) is 14.5. The Morgan fingerprint density at radius 2 is 1.96 bits per heavy atom. The number of aromatic nitrogens is 1. The highest BCUT2D eigenvalue weighted by molar-refractivity contribution is 5.94. The third-order valence-electron chi connectivity index (χ3n) is 3.67.